The Morgan fingerprint density at radius 1 is 0.964 bits per heavy atom. The molecular weight excluding hydrogens is 362 g/mol. The second-order valence-electron chi connectivity index (χ2n) is 8.03. The second kappa shape index (κ2) is 6.82. The third-order valence-electron chi connectivity index (χ3n) is 5.09. The van der Waals surface area contributed by atoms with E-state index in [9.17, 15) is 18.7 Å². The number of rotatable bonds is 3. The number of aliphatic hydroxyl groups excluding tert-OH is 1. The number of benzene rings is 2. The van der Waals surface area contributed by atoms with E-state index >= 15 is 0 Å². The first kappa shape index (κ1) is 20.2. The van der Waals surface area contributed by atoms with Crippen LogP contribution in [0.15, 0.2) is 42.2 Å². The van der Waals surface area contributed by atoms with Crippen molar-refractivity contribution in [2.45, 2.75) is 52.2 Å². The van der Waals surface area contributed by atoms with E-state index in [1.54, 1.807) is 45.9 Å². The molecule has 1 N–H and O–H groups in total. The summed E-state index contributed by atoms with van der Waals surface area (Å²) in [6.07, 6.45) is 0.567. The van der Waals surface area contributed by atoms with Gasteiger partial charge in [-0.25, -0.2) is 8.78 Å². The molecule has 0 radical (unpaired) electrons. The highest BCUT2D eigenvalue weighted by Gasteiger charge is 2.47. The average molecular weight is 386 g/mol. The minimum Gasteiger partial charge on any atom is -0.508 e. The molecule has 2 aromatic carbocycles. The summed E-state index contributed by atoms with van der Waals surface area (Å²) in [6, 6.07) is 8.59. The number of aliphatic hydroxyl groups is 1. The maximum absolute atomic E-state index is 14.2. The summed E-state index contributed by atoms with van der Waals surface area (Å²) in [5, 5.41) is 10.8. The minimum absolute atomic E-state index is 0.118. The van der Waals surface area contributed by atoms with Crippen molar-refractivity contribution in [2.24, 2.45) is 0 Å². The summed E-state index contributed by atoms with van der Waals surface area (Å²) >= 11 is 0. The molecule has 1 aliphatic rings. The van der Waals surface area contributed by atoms with Crippen LogP contribution in [0.5, 0.6) is 0 Å². The third kappa shape index (κ3) is 3.35. The van der Waals surface area contributed by atoms with E-state index in [0.29, 0.717) is 17.5 Å². The first-order valence-corrected chi connectivity index (χ1v) is 9.25. The van der Waals surface area contributed by atoms with Crippen LogP contribution in [-0.4, -0.2) is 22.1 Å². The molecule has 2 aromatic rings. The molecule has 0 aliphatic carbocycles. The lowest BCUT2D eigenvalue weighted by Crippen LogP contribution is -2.49. The predicted octanol–water partition coefficient (Wildman–Crippen LogP) is 5.62. The fraction of sp³-hybridized carbons (Fsp3) is 0.348. The van der Waals surface area contributed by atoms with Crippen LogP contribution in [0.25, 0.3) is 16.7 Å². The van der Waals surface area contributed by atoms with E-state index in [-0.39, 0.29) is 22.7 Å². The molecule has 0 saturated heterocycles. The SMILES string of the molecule is CCc1cc(-c2ccc(F)cc2F)ccc1C1=C(O)C(C)(C)OC(C)(C)C1=O. The summed E-state index contributed by atoms with van der Waals surface area (Å²) in [6.45, 7) is 8.70. The highest BCUT2D eigenvalue weighted by atomic mass is 19.1. The van der Waals surface area contributed by atoms with Crippen molar-refractivity contribution >= 4 is 11.4 Å². The Morgan fingerprint density at radius 2 is 1.61 bits per heavy atom. The highest BCUT2D eigenvalue weighted by molar-refractivity contribution is 6.26. The fourth-order valence-electron chi connectivity index (χ4n) is 3.71. The highest BCUT2D eigenvalue weighted by Crippen LogP contribution is 2.41. The Morgan fingerprint density at radius 3 is 2.21 bits per heavy atom. The smallest absolute Gasteiger partial charge is 0.198 e. The van der Waals surface area contributed by atoms with Crippen LogP contribution in [0.1, 0.15) is 45.7 Å². The Bertz CT molecular complexity index is 987. The van der Waals surface area contributed by atoms with Crippen LogP contribution in [0.4, 0.5) is 8.78 Å². The van der Waals surface area contributed by atoms with Gasteiger partial charge >= 0.3 is 0 Å². The molecule has 0 spiro atoms. The van der Waals surface area contributed by atoms with Crippen molar-refractivity contribution in [1.29, 1.82) is 0 Å². The van der Waals surface area contributed by atoms with Crippen LogP contribution < -0.4 is 0 Å². The van der Waals surface area contributed by atoms with Crippen molar-refractivity contribution in [1.82, 2.24) is 0 Å². The predicted molar refractivity (Wildman–Crippen MR) is 105 cm³/mol. The monoisotopic (exact) mass is 386 g/mol. The molecule has 0 aromatic heterocycles. The summed E-state index contributed by atoms with van der Waals surface area (Å²) in [7, 11) is 0. The third-order valence-corrected chi connectivity index (χ3v) is 5.09. The zero-order valence-corrected chi connectivity index (χ0v) is 16.7. The normalized spacial score (nSPS) is 18.5. The number of aryl methyl sites for hydroxylation is 1. The number of carbonyl (C=O) groups is 1. The molecule has 0 fully saturated rings. The van der Waals surface area contributed by atoms with Crippen molar-refractivity contribution in [3.05, 3.63) is 64.9 Å². The van der Waals surface area contributed by atoms with E-state index in [4.69, 9.17) is 4.74 Å². The molecule has 0 amide bonds. The maximum Gasteiger partial charge on any atom is 0.198 e. The molecule has 3 nitrogen and oxygen atoms in total. The number of Topliss-reactive ketones (excluding diaryl/α,β-unsaturated/α-hetero) is 1. The minimum atomic E-state index is -1.09. The van der Waals surface area contributed by atoms with Crippen molar-refractivity contribution in [3.63, 3.8) is 0 Å². The van der Waals surface area contributed by atoms with Crippen molar-refractivity contribution in [3.8, 4) is 11.1 Å². The number of carbonyl (C=O) groups excluding carboxylic acids is 1. The average Bonchev–Trinajstić information content (AvgIpc) is 2.60. The van der Waals surface area contributed by atoms with E-state index < -0.39 is 22.8 Å². The number of halogens is 2. The summed E-state index contributed by atoms with van der Waals surface area (Å²) in [5.74, 6) is -1.71. The van der Waals surface area contributed by atoms with Crippen LogP contribution in [-0.2, 0) is 16.0 Å². The Balaban J connectivity index is 2.19. The Labute approximate surface area is 163 Å². The van der Waals surface area contributed by atoms with Crippen molar-refractivity contribution < 1.29 is 23.4 Å². The van der Waals surface area contributed by atoms with Gasteiger partial charge in [-0.05, 0) is 62.9 Å². The van der Waals surface area contributed by atoms with E-state index in [1.807, 2.05) is 6.92 Å². The lowest BCUT2D eigenvalue weighted by Gasteiger charge is -2.40. The van der Waals surface area contributed by atoms with Crippen LogP contribution in [0.3, 0.4) is 0 Å². The van der Waals surface area contributed by atoms with Gasteiger partial charge in [-0.1, -0.05) is 25.1 Å². The molecule has 148 valence electrons. The van der Waals surface area contributed by atoms with Gasteiger partial charge in [-0.2, -0.15) is 0 Å². The molecule has 1 heterocycles. The molecule has 5 heteroatoms. The van der Waals surface area contributed by atoms with Gasteiger partial charge in [-0.3, -0.25) is 4.79 Å². The number of hydrogen-bond donors (Lipinski definition) is 1. The summed E-state index contributed by atoms with van der Waals surface area (Å²) in [5.41, 5.74) is 0.364. The van der Waals surface area contributed by atoms with Gasteiger partial charge in [0.2, 0.25) is 0 Å². The first-order valence-electron chi connectivity index (χ1n) is 9.25. The second-order valence-corrected chi connectivity index (χ2v) is 8.03. The fourth-order valence-corrected chi connectivity index (χ4v) is 3.71. The first-order chi connectivity index (χ1) is 13.0. The standard InChI is InChI=1S/C23H24F2O3/c1-6-13-11-14(16-10-8-15(24)12-18(16)25)7-9-17(13)19-20(26)22(2,3)28-23(4,5)21(19)27/h7-12,26H,6H2,1-5H3. The molecule has 0 bridgehead atoms. The summed E-state index contributed by atoms with van der Waals surface area (Å²) < 4.78 is 33.2. The van der Waals surface area contributed by atoms with Crippen LogP contribution >= 0.6 is 0 Å². The Kier molecular flexibility index (Phi) is 4.92. The zero-order chi connectivity index (χ0) is 20.9. The van der Waals surface area contributed by atoms with E-state index in [1.165, 1.54) is 12.1 Å². The molecule has 0 atom stereocenters. The van der Waals surface area contributed by atoms with E-state index in [2.05, 4.69) is 0 Å². The summed E-state index contributed by atoms with van der Waals surface area (Å²) in [4.78, 5) is 13.0. The number of ether oxygens (including phenoxy) is 1. The van der Waals surface area contributed by atoms with Gasteiger partial charge in [0.15, 0.2) is 5.78 Å². The zero-order valence-electron chi connectivity index (χ0n) is 16.7. The van der Waals surface area contributed by atoms with E-state index in [0.717, 1.165) is 11.6 Å². The quantitative estimate of drug-likeness (QED) is 0.745. The molecular formula is C23H24F2O3. The maximum atomic E-state index is 14.2. The van der Waals surface area contributed by atoms with Crippen molar-refractivity contribution in [2.75, 3.05) is 0 Å². The lowest BCUT2D eigenvalue weighted by atomic mass is 9.81. The molecule has 28 heavy (non-hydrogen) atoms. The van der Waals surface area contributed by atoms with Gasteiger partial charge in [0.25, 0.3) is 0 Å². The molecule has 3 rings (SSSR count). The Hall–Kier alpha value is -2.53. The molecule has 0 saturated carbocycles. The lowest BCUT2D eigenvalue weighted by molar-refractivity contribution is -0.158. The topological polar surface area (TPSA) is 46.5 Å². The number of ketones is 1. The molecule has 1 aliphatic heterocycles. The van der Waals surface area contributed by atoms with Gasteiger partial charge in [0, 0.05) is 11.6 Å². The van der Waals surface area contributed by atoms with Gasteiger partial charge in [0.05, 0.1) is 5.57 Å². The number of hydrogen-bond acceptors (Lipinski definition) is 3. The largest absolute Gasteiger partial charge is 0.508 e. The van der Waals surface area contributed by atoms with Gasteiger partial charge in [0.1, 0.15) is 28.6 Å². The van der Waals surface area contributed by atoms with Gasteiger partial charge < -0.3 is 9.84 Å². The van der Waals surface area contributed by atoms with Gasteiger partial charge in [-0.15, -0.1) is 0 Å². The van der Waals surface area contributed by atoms with Crippen LogP contribution in [0, 0.1) is 11.6 Å². The van der Waals surface area contributed by atoms with Crippen LogP contribution in [0.2, 0.25) is 0 Å². The molecule has 0 unspecified atom stereocenters.